The fraction of sp³-hybridized carbons (Fsp3) is 0.308. The van der Waals surface area contributed by atoms with Crippen molar-refractivity contribution in [3.8, 4) is 0 Å². The largest absolute Gasteiger partial charge is 0.478 e. The summed E-state index contributed by atoms with van der Waals surface area (Å²) < 4.78 is 0.442. The third-order valence-corrected chi connectivity index (χ3v) is 3.74. The topological polar surface area (TPSA) is 98.7 Å². The molecular formula is C13H14BrN3O4. The maximum Gasteiger partial charge on any atom is 0.336 e. The molecule has 1 fully saturated rings. The van der Waals surface area contributed by atoms with Crippen LogP contribution in [0.4, 0.5) is 10.5 Å². The number of rotatable bonds is 2. The first-order valence-corrected chi connectivity index (χ1v) is 7.12. The average molecular weight is 356 g/mol. The molecule has 7 nitrogen and oxygen atoms in total. The summed E-state index contributed by atoms with van der Waals surface area (Å²) in [6.07, 6.45) is 0.258. The van der Waals surface area contributed by atoms with Crippen molar-refractivity contribution in [3.05, 3.63) is 28.2 Å². The fourth-order valence-corrected chi connectivity index (χ4v) is 2.36. The minimum Gasteiger partial charge on any atom is -0.478 e. The maximum absolute atomic E-state index is 12.1. The smallest absolute Gasteiger partial charge is 0.336 e. The molecule has 1 heterocycles. The van der Waals surface area contributed by atoms with Crippen molar-refractivity contribution in [2.45, 2.75) is 6.42 Å². The monoisotopic (exact) mass is 355 g/mol. The highest BCUT2D eigenvalue weighted by Crippen LogP contribution is 2.21. The Morgan fingerprint density at radius 1 is 1.33 bits per heavy atom. The molecule has 1 aliphatic heterocycles. The number of amides is 3. The van der Waals surface area contributed by atoms with Crippen LogP contribution in [0.15, 0.2) is 22.7 Å². The number of nitrogens with zero attached hydrogens (tertiary/aromatic N) is 1. The highest BCUT2D eigenvalue weighted by Gasteiger charge is 2.19. The zero-order valence-electron chi connectivity index (χ0n) is 11.1. The number of carbonyl (C=O) groups is 3. The van der Waals surface area contributed by atoms with E-state index < -0.39 is 5.97 Å². The van der Waals surface area contributed by atoms with Gasteiger partial charge in [0.15, 0.2) is 0 Å². The number of halogens is 1. The summed E-state index contributed by atoms with van der Waals surface area (Å²) in [5.41, 5.74) is 0.463. The van der Waals surface area contributed by atoms with Crippen LogP contribution in [0.5, 0.6) is 0 Å². The van der Waals surface area contributed by atoms with Gasteiger partial charge < -0.3 is 20.6 Å². The minimum atomic E-state index is -1.08. The van der Waals surface area contributed by atoms with Crippen LogP contribution in [0.2, 0.25) is 0 Å². The van der Waals surface area contributed by atoms with Crippen LogP contribution < -0.4 is 10.6 Å². The molecule has 21 heavy (non-hydrogen) atoms. The molecular weight excluding hydrogens is 342 g/mol. The van der Waals surface area contributed by atoms with E-state index in [1.165, 1.54) is 11.0 Å². The average Bonchev–Trinajstić information content (AvgIpc) is 2.65. The highest BCUT2D eigenvalue weighted by atomic mass is 79.9. The zero-order chi connectivity index (χ0) is 15.4. The molecule has 0 aromatic heterocycles. The van der Waals surface area contributed by atoms with E-state index in [0.29, 0.717) is 29.8 Å². The van der Waals surface area contributed by atoms with Gasteiger partial charge in [-0.2, -0.15) is 0 Å². The Kier molecular flexibility index (Phi) is 4.79. The predicted octanol–water partition coefficient (Wildman–Crippen LogP) is 1.50. The SMILES string of the molecule is O=C1CCN(C(=O)Nc2ccc(Br)c(C(=O)O)c2)CCN1. The van der Waals surface area contributed by atoms with Crippen LogP contribution in [0.1, 0.15) is 16.8 Å². The molecule has 3 amide bonds. The number of carbonyl (C=O) groups excluding carboxylic acids is 2. The first-order chi connectivity index (χ1) is 9.97. The standard InChI is InChI=1S/C13H14BrN3O4/c14-10-2-1-8(7-9(10)12(19)20)16-13(21)17-5-3-11(18)15-4-6-17/h1-2,7H,3-6H2,(H,15,18)(H,16,21)(H,19,20). The van der Waals surface area contributed by atoms with Crippen molar-refractivity contribution in [2.75, 3.05) is 25.0 Å². The molecule has 8 heteroatoms. The van der Waals surface area contributed by atoms with E-state index >= 15 is 0 Å². The number of aromatic carboxylic acids is 1. The van der Waals surface area contributed by atoms with Crippen molar-refractivity contribution < 1.29 is 19.5 Å². The van der Waals surface area contributed by atoms with E-state index in [1.54, 1.807) is 12.1 Å². The number of anilines is 1. The first kappa shape index (κ1) is 15.3. The number of benzene rings is 1. The molecule has 1 saturated heterocycles. The molecule has 1 aromatic rings. The Morgan fingerprint density at radius 2 is 2.10 bits per heavy atom. The molecule has 2 rings (SSSR count). The molecule has 0 spiro atoms. The molecule has 0 unspecified atom stereocenters. The normalized spacial score (nSPS) is 15.1. The lowest BCUT2D eigenvalue weighted by atomic mass is 10.2. The number of urea groups is 1. The Bertz CT molecular complexity index is 591. The van der Waals surface area contributed by atoms with Crippen LogP contribution in [-0.2, 0) is 4.79 Å². The molecule has 112 valence electrons. The van der Waals surface area contributed by atoms with Crippen LogP contribution in [-0.4, -0.2) is 47.5 Å². The molecule has 3 N–H and O–H groups in total. The second-order valence-electron chi connectivity index (χ2n) is 4.52. The third-order valence-electron chi connectivity index (χ3n) is 3.05. The Balaban J connectivity index is 2.07. The first-order valence-electron chi connectivity index (χ1n) is 6.33. The van der Waals surface area contributed by atoms with E-state index in [4.69, 9.17) is 5.11 Å². The number of hydrogen-bond donors (Lipinski definition) is 3. The zero-order valence-corrected chi connectivity index (χ0v) is 12.6. The van der Waals surface area contributed by atoms with Crippen molar-refractivity contribution in [2.24, 2.45) is 0 Å². The van der Waals surface area contributed by atoms with Gasteiger partial charge in [-0.05, 0) is 34.1 Å². The molecule has 0 atom stereocenters. The summed E-state index contributed by atoms with van der Waals surface area (Å²) >= 11 is 3.14. The lowest BCUT2D eigenvalue weighted by molar-refractivity contribution is -0.120. The van der Waals surface area contributed by atoms with Crippen LogP contribution in [0.3, 0.4) is 0 Å². The van der Waals surface area contributed by atoms with Crippen molar-refractivity contribution >= 4 is 39.5 Å². The van der Waals surface area contributed by atoms with E-state index in [0.717, 1.165) is 0 Å². The third kappa shape index (κ3) is 3.94. The van der Waals surface area contributed by atoms with E-state index in [2.05, 4.69) is 26.6 Å². The molecule has 1 aliphatic rings. The minimum absolute atomic E-state index is 0.0699. The Labute approximate surface area is 129 Å². The van der Waals surface area contributed by atoms with Gasteiger partial charge in [-0.25, -0.2) is 9.59 Å². The number of carboxylic acid groups (broad SMARTS) is 1. The Hall–Kier alpha value is -2.09. The summed E-state index contributed by atoms with van der Waals surface area (Å²) in [5, 5.41) is 14.4. The van der Waals surface area contributed by atoms with E-state index in [-0.39, 0.29) is 23.9 Å². The maximum atomic E-state index is 12.1. The second kappa shape index (κ2) is 6.57. The lowest BCUT2D eigenvalue weighted by Crippen LogP contribution is -2.37. The molecule has 0 radical (unpaired) electrons. The van der Waals surface area contributed by atoms with Crippen molar-refractivity contribution in [1.82, 2.24) is 10.2 Å². The van der Waals surface area contributed by atoms with Gasteiger partial charge in [0.2, 0.25) is 5.91 Å². The Morgan fingerprint density at radius 3 is 2.81 bits per heavy atom. The summed E-state index contributed by atoms with van der Waals surface area (Å²) in [6.45, 7) is 1.16. The molecule has 0 saturated carbocycles. The number of nitrogens with one attached hydrogen (secondary N) is 2. The second-order valence-corrected chi connectivity index (χ2v) is 5.37. The summed E-state index contributed by atoms with van der Waals surface area (Å²) in [7, 11) is 0. The van der Waals surface area contributed by atoms with Gasteiger partial charge >= 0.3 is 12.0 Å². The molecule has 1 aromatic carbocycles. The molecule has 0 aliphatic carbocycles. The van der Waals surface area contributed by atoms with Crippen molar-refractivity contribution in [1.29, 1.82) is 0 Å². The van der Waals surface area contributed by atoms with Gasteiger partial charge in [0.25, 0.3) is 0 Å². The van der Waals surface area contributed by atoms with Gasteiger partial charge in [-0.1, -0.05) is 0 Å². The van der Waals surface area contributed by atoms with Crippen LogP contribution in [0, 0.1) is 0 Å². The molecule has 0 bridgehead atoms. The van der Waals surface area contributed by atoms with E-state index in [9.17, 15) is 14.4 Å². The van der Waals surface area contributed by atoms with Gasteiger partial charge in [-0.3, -0.25) is 4.79 Å². The lowest BCUT2D eigenvalue weighted by Gasteiger charge is -2.20. The predicted molar refractivity (Wildman–Crippen MR) is 79.3 cm³/mol. The number of hydrogen-bond acceptors (Lipinski definition) is 3. The summed E-state index contributed by atoms with van der Waals surface area (Å²) in [5.74, 6) is -1.16. The van der Waals surface area contributed by atoms with Gasteiger partial charge in [0, 0.05) is 36.2 Å². The van der Waals surface area contributed by atoms with E-state index in [1.807, 2.05) is 0 Å². The summed E-state index contributed by atoms with van der Waals surface area (Å²) in [6, 6.07) is 4.19. The van der Waals surface area contributed by atoms with Gasteiger partial charge in [0.05, 0.1) is 5.56 Å². The summed E-state index contributed by atoms with van der Waals surface area (Å²) in [4.78, 5) is 35.9. The van der Waals surface area contributed by atoms with Gasteiger partial charge in [-0.15, -0.1) is 0 Å². The van der Waals surface area contributed by atoms with Gasteiger partial charge in [0.1, 0.15) is 0 Å². The quantitative estimate of drug-likeness (QED) is 0.748. The van der Waals surface area contributed by atoms with Crippen LogP contribution >= 0.6 is 15.9 Å². The highest BCUT2D eigenvalue weighted by molar-refractivity contribution is 9.10. The fourth-order valence-electron chi connectivity index (χ4n) is 1.94. The van der Waals surface area contributed by atoms with Crippen LogP contribution in [0.25, 0.3) is 0 Å². The van der Waals surface area contributed by atoms with Crippen molar-refractivity contribution in [3.63, 3.8) is 0 Å². The number of carboxylic acids is 1.